The van der Waals surface area contributed by atoms with E-state index in [1.54, 1.807) is 13.8 Å². The van der Waals surface area contributed by atoms with E-state index >= 15 is 0 Å². The zero-order chi connectivity index (χ0) is 24.8. The monoisotopic (exact) mass is 473 g/mol. The van der Waals surface area contributed by atoms with Crippen molar-refractivity contribution in [2.45, 2.75) is 71.8 Å². The van der Waals surface area contributed by atoms with Crippen molar-refractivity contribution in [1.82, 2.24) is 5.32 Å². The molecule has 0 spiro atoms. The molecule has 7 nitrogen and oxygen atoms in total. The van der Waals surface area contributed by atoms with Gasteiger partial charge in [0, 0.05) is 18.9 Å². The van der Waals surface area contributed by atoms with Crippen LogP contribution < -0.4 is 5.32 Å². The molecule has 0 fully saturated rings. The minimum Gasteiger partial charge on any atom is -0.346 e. The Balaban J connectivity index is 2.19. The number of hydrogen-bond acceptors (Lipinski definition) is 6. The van der Waals surface area contributed by atoms with E-state index < -0.39 is 5.54 Å². The highest BCUT2D eigenvalue weighted by molar-refractivity contribution is 6.00. The van der Waals surface area contributed by atoms with Gasteiger partial charge in [0.05, 0.1) is 13.2 Å². The molecule has 0 aliphatic heterocycles. The summed E-state index contributed by atoms with van der Waals surface area (Å²) >= 11 is 0. The van der Waals surface area contributed by atoms with E-state index in [9.17, 15) is 9.59 Å². The van der Waals surface area contributed by atoms with Gasteiger partial charge >= 0.3 is 0 Å². The average Bonchev–Trinajstić information content (AvgIpc) is 2.81. The van der Waals surface area contributed by atoms with Gasteiger partial charge in [-0.05, 0) is 49.1 Å². The summed E-state index contributed by atoms with van der Waals surface area (Å²) in [7, 11) is 0. The van der Waals surface area contributed by atoms with E-state index in [1.807, 2.05) is 18.2 Å². The number of fused-ring (bicyclic) bond motifs is 1. The predicted octanol–water partition coefficient (Wildman–Crippen LogP) is 5.35. The summed E-state index contributed by atoms with van der Waals surface area (Å²) in [6.07, 6.45) is 5.97. The van der Waals surface area contributed by atoms with Gasteiger partial charge in [-0.1, -0.05) is 56.5 Å². The number of amides is 1. The molecule has 0 aliphatic carbocycles. The van der Waals surface area contributed by atoms with Gasteiger partial charge in [-0.15, -0.1) is 0 Å². The number of unbranched alkanes of at least 4 members (excludes halogenated alkanes) is 3. The minimum absolute atomic E-state index is 0.0340. The van der Waals surface area contributed by atoms with Crippen molar-refractivity contribution in [1.29, 1.82) is 0 Å². The smallest absolute Gasteiger partial charge is 0.217 e. The third-order valence-corrected chi connectivity index (χ3v) is 5.56. The number of carbonyl (C=O) groups excluding carboxylic acids is 2. The molecule has 1 amide bonds. The number of carbonyl (C=O) groups is 2. The second-order valence-electron chi connectivity index (χ2n) is 8.61. The van der Waals surface area contributed by atoms with Gasteiger partial charge in [-0.2, -0.15) is 0 Å². The third-order valence-electron chi connectivity index (χ3n) is 5.56. The fourth-order valence-corrected chi connectivity index (χ4v) is 3.90. The van der Waals surface area contributed by atoms with Crippen LogP contribution in [0.5, 0.6) is 0 Å². The molecule has 0 saturated heterocycles. The molecule has 2 rings (SSSR count). The van der Waals surface area contributed by atoms with Crippen LogP contribution in [0.1, 0.15) is 75.7 Å². The molecule has 0 atom stereocenters. The van der Waals surface area contributed by atoms with Crippen LogP contribution >= 0.6 is 0 Å². The number of Topliss-reactive ketones (excluding diaryl/α,β-unsaturated/α-hetero) is 1. The van der Waals surface area contributed by atoms with Crippen molar-refractivity contribution in [3.8, 4) is 0 Å². The van der Waals surface area contributed by atoms with Gasteiger partial charge in [-0.3, -0.25) is 9.59 Å². The van der Waals surface area contributed by atoms with E-state index in [2.05, 4.69) is 30.4 Å². The van der Waals surface area contributed by atoms with Gasteiger partial charge in [0.25, 0.3) is 0 Å². The van der Waals surface area contributed by atoms with Gasteiger partial charge in [0.15, 0.2) is 5.78 Å². The molecule has 0 radical (unpaired) electrons. The first-order valence-electron chi connectivity index (χ1n) is 12.3. The molecule has 0 saturated carbocycles. The SMILES string of the molecule is CCCCCCc1ccc2cc(C(=O)CC(COOCC)(COOCC)NC(C)=O)ccc2c1. The summed E-state index contributed by atoms with van der Waals surface area (Å²) in [6, 6.07) is 12.1. The molecule has 0 heterocycles. The highest BCUT2D eigenvalue weighted by Crippen LogP contribution is 2.23. The Morgan fingerprint density at radius 2 is 1.47 bits per heavy atom. The molecule has 0 unspecified atom stereocenters. The Bertz CT molecular complexity index is 903. The Hall–Kier alpha value is -2.32. The van der Waals surface area contributed by atoms with Crippen molar-refractivity contribution >= 4 is 22.5 Å². The van der Waals surface area contributed by atoms with Crippen LogP contribution in [0.3, 0.4) is 0 Å². The fourth-order valence-electron chi connectivity index (χ4n) is 3.90. The third kappa shape index (κ3) is 9.14. The van der Waals surface area contributed by atoms with E-state index in [0.717, 1.165) is 17.2 Å². The van der Waals surface area contributed by atoms with Crippen LogP contribution in [0.15, 0.2) is 36.4 Å². The number of ketones is 1. The van der Waals surface area contributed by atoms with E-state index in [0.29, 0.717) is 18.8 Å². The Kier molecular flexibility index (Phi) is 12.2. The van der Waals surface area contributed by atoms with Gasteiger partial charge in [0.1, 0.15) is 18.8 Å². The molecule has 188 valence electrons. The summed E-state index contributed by atoms with van der Waals surface area (Å²) < 4.78 is 0. The van der Waals surface area contributed by atoms with Crippen molar-refractivity contribution in [2.75, 3.05) is 26.4 Å². The molecular formula is C27H39NO6. The topological polar surface area (TPSA) is 83.1 Å². The van der Waals surface area contributed by atoms with Crippen LogP contribution in [0.25, 0.3) is 10.8 Å². The molecule has 2 aromatic carbocycles. The normalized spacial score (nSPS) is 11.6. The maximum Gasteiger partial charge on any atom is 0.217 e. The zero-order valence-electron chi connectivity index (χ0n) is 21.0. The van der Waals surface area contributed by atoms with E-state index in [4.69, 9.17) is 19.6 Å². The summed E-state index contributed by atoms with van der Waals surface area (Å²) in [5, 5.41) is 4.93. The molecular weight excluding hydrogens is 434 g/mol. The number of hydrogen-bond donors (Lipinski definition) is 1. The lowest BCUT2D eigenvalue weighted by Gasteiger charge is -2.32. The largest absolute Gasteiger partial charge is 0.346 e. The highest BCUT2D eigenvalue weighted by atomic mass is 17.2. The van der Waals surface area contributed by atoms with Crippen LogP contribution in [0.2, 0.25) is 0 Å². The van der Waals surface area contributed by atoms with Crippen LogP contribution in [0.4, 0.5) is 0 Å². The van der Waals surface area contributed by atoms with Gasteiger partial charge < -0.3 is 5.32 Å². The number of aryl methyl sites for hydroxylation is 1. The second-order valence-corrected chi connectivity index (χ2v) is 8.61. The average molecular weight is 474 g/mol. The first-order chi connectivity index (χ1) is 16.4. The first kappa shape index (κ1) is 27.9. The molecule has 7 heteroatoms. The lowest BCUT2D eigenvalue weighted by Crippen LogP contribution is -2.56. The second kappa shape index (κ2) is 14.8. The van der Waals surface area contributed by atoms with Crippen molar-refractivity contribution in [2.24, 2.45) is 0 Å². The van der Waals surface area contributed by atoms with Crippen molar-refractivity contribution in [3.63, 3.8) is 0 Å². The number of nitrogens with one attached hydrogen (secondary N) is 1. The molecule has 0 bridgehead atoms. The molecule has 0 aromatic heterocycles. The Labute approximate surface area is 203 Å². The fraction of sp³-hybridized carbons (Fsp3) is 0.556. The standard InChI is InChI=1S/C27H39NO6/c1-5-8-9-10-11-22-12-13-24-17-25(15-14-23(24)16-22)26(30)18-27(28-21(4)29,19-33-31-6-2)20-34-32-7-3/h12-17H,5-11,18-20H2,1-4H3,(H,28,29). The maximum absolute atomic E-state index is 13.3. The van der Waals surface area contributed by atoms with Crippen molar-refractivity contribution in [3.05, 3.63) is 47.5 Å². The van der Waals surface area contributed by atoms with E-state index in [1.165, 1.54) is 38.2 Å². The predicted molar refractivity (Wildman–Crippen MR) is 132 cm³/mol. The molecule has 34 heavy (non-hydrogen) atoms. The first-order valence-corrected chi connectivity index (χ1v) is 12.3. The molecule has 0 aliphatic rings. The highest BCUT2D eigenvalue weighted by Gasteiger charge is 2.36. The summed E-state index contributed by atoms with van der Waals surface area (Å²) in [6.45, 7) is 7.72. The summed E-state index contributed by atoms with van der Waals surface area (Å²) in [4.78, 5) is 45.7. The van der Waals surface area contributed by atoms with Gasteiger partial charge in [0.2, 0.25) is 5.91 Å². The molecule has 1 N–H and O–H groups in total. The number of rotatable bonds is 17. The molecule has 2 aromatic rings. The maximum atomic E-state index is 13.3. The Morgan fingerprint density at radius 3 is 2.09 bits per heavy atom. The van der Waals surface area contributed by atoms with E-state index in [-0.39, 0.29) is 31.3 Å². The lowest BCUT2D eigenvalue weighted by molar-refractivity contribution is -0.328. The summed E-state index contributed by atoms with van der Waals surface area (Å²) in [5.74, 6) is -0.447. The lowest BCUT2D eigenvalue weighted by atomic mass is 9.90. The van der Waals surface area contributed by atoms with Crippen LogP contribution in [-0.4, -0.2) is 43.7 Å². The quantitative estimate of drug-likeness (QED) is 0.144. The van der Waals surface area contributed by atoms with Gasteiger partial charge in [-0.25, -0.2) is 19.6 Å². The van der Waals surface area contributed by atoms with Crippen LogP contribution in [-0.2, 0) is 30.8 Å². The number of benzene rings is 2. The zero-order valence-corrected chi connectivity index (χ0v) is 21.0. The van der Waals surface area contributed by atoms with Crippen molar-refractivity contribution < 1.29 is 29.1 Å². The van der Waals surface area contributed by atoms with Crippen LogP contribution in [0, 0.1) is 0 Å². The minimum atomic E-state index is -1.13. The Morgan fingerprint density at radius 1 is 0.824 bits per heavy atom. The summed E-state index contributed by atoms with van der Waals surface area (Å²) in [5.41, 5.74) is 0.740.